The Balaban J connectivity index is 3.00. The maximum absolute atomic E-state index is 11.1. The van der Waals surface area contributed by atoms with Crippen molar-refractivity contribution >= 4 is 11.7 Å². The summed E-state index contributed by atoms with van der Waals surface area (Å²) in [5, 5.41) is 19.3. The van der Waals surface area contributed by atoms with Crippen molar-refractivity contribution in [2.75, 3.05) is 12.8 Å². The van der Waals surface area contributed by atoms with Gasteiger partial charge in [-0.2, -0.15) is 0 Å². The van der Waals surface area contributed by atoms with Crippen LogP contribution in [-0.4, -0.2) is 29.4 Å². The molecule has 0 aromatic heterocycles. The molecule has 4 N–H and O–H groups in total. The van der Waals surface area contributed by atoms with Crippen LogP contribution in [0.5, 0.6) is 0 Å². The number of hydrogen-bond acceptors (Lipinski definition) is 5. The zero-order valence-electron chi connectivity index (χ0n) is 9.18. The molecule has 88 valence electrons. The van der Waals surface area contributed by atoms with E-state index in [1.54, 1.807) is 25.1 Å². The molecule has 0 spiro atoms. The molecular formula is C11H15NO4. The van der Waals surface area contributed by atoms with Crippen LogP contribution in [0, 0.1) is 6.92 Å². The highest BCUT2D eigenvalue weighted by Crippen LogP contribution is 2.24. The fourth-order valence-electron chi connectivity index (χ4n) is 1.41. The van der Waals surface area contributed by atoms with Gasteiger partial charge in [0.25, 0.3) is 0 Å². The molecule has 1 aromatic carbocycles. The molecule has 0 fully saturated rings. The van der Waals surface area contributed by atoms with E-state index in [0.29, 0.717) is 16.8 Å². The third kappa shape index (κ3) is 2.32. The van der Waals surface area contributed by atoms with Gasteiger partial charge in [-0.1, -0.05) is 12.1 Å². The molecule has 0 radical (unpaired) electrons. The number of carbonyl (C=O) groups is 1. The summed E-state index contributed by atoms with van der Waals surface area (Å²) >= 11 is 0. The number of anilines is 1. The van der Waals surface area contributed by atoms with Crippen molar-refractivity contribution in [2.24, 2.45) is 0 Å². The summed E-state index contributed by atoms with van der Waals surface area (Å²) in [6, 6.07) is 4.92. The molecule has 0 saturated carbocycles. The number of ether oxygens (including phenoxy) is 1. The Hall–Kier alpha value is -1.59. The van der Waals surface area contributed by atoms with E-state index in [1.165, 1.54) is 0 Å². The van der Waals surface area contributed by atoms with Crippen molar-refractivity contribution in [3.8, 4) is 0 Å². The van der Waals surface area contributed by atoms with E-state index in [2.05, 4.69) is 4.74 Å². The second-order valence-corrected chi connectivity index (χ2v) is 3.47. The number of nitrogen functional groups attached to an aromatic ring is 1. The number of methoxy groups -OCH3 is 1. The standard InChI is InChI=1S/C11H15NO4/c1-6-7(4-3-5-8(6)12)9(13)10(14)11(15)16-2/h3-5,9-10,13-14H,12H2,1-2H3. The van der Waals surface area contributed by atoms with Crippen LogP contribution in [0.3, 0.4) is 0 Å². The number of benzene rings is 1. The quantitative estimate of drug-likeness (QED) is 0.503. The van der Waals surface area contributed by atoms with Crippen LogP contribution in [0.4, 0.5) is 5.69 Å². The zero-order valence-corrected chi connectivity index (χ0v) is 9.18. The Kier molecular flexibility index (Phi) is 3.87. The second-order valence-electron chi connectivity index (χ2n) is 3.47. The molecular weight excluding hydrogens is 210 g/mol. The summed E-state index contributed by atoms with van der Waals surface area (Å²) in [6.07, 6.45) is -2.94. The van der Waals surface area contributed by atoms with Crippen LogP contribution >= 0.6 is 0 Å². The molecule has 2 atom stereocenters. The fourth-order valence-corrected chi connectivity index (χ4v) is 1.41. The molecule has 5 heteroatoms. The smallest absolute Gasteiger partial charge is 0.337 e. The highest BCUT2D eigenvalue weighted by Gasteiger charge is 2.27. The first-order chi connectivity index (χ1) is 7.49. The molecule has 1 aromatic rings. The molecule has 0 amide bonds. The van der Waals surface area contributed by atoms with E-state index in [4.69, 9.17) is 5.73 Å². The summed E-state index contributed by atoms with van der Waals surface area (Å²) in [5.41, 5.74) is 7.20. The number of aliphatic hydroxyl groups excluding tert-OH is 2. The van der Waals surface area contributed by atoms with Crippen LogP contribution in [0.15, 0.2) is 18.2 Å². The minimum Gasteiger partial charge on any atom is -0.467 e. The van der Waals surface area contributed by atoms with E-state index in [0.717, 1.165) is 7.11 Å². The molecule has 0 heterocycles. The van der Waals surface area contributed by atoms with Crippen molar-refractivity contribution in [2.45, 2.75) is 19.1 Å². The molecule has 0 saturated heterocycles. The molecule has 2 unspecified atom stereocenters. The maximum atomic E-state index is 11.1. The van der Waals surface area contributed by atoms with Crippen molar-refractivity contribution in [1.29, 1.82) is 0 Å². The van der Waals surface area contributed by atoms with Crippen molar-refractivity contribution in [1.82, 2.24) is 0 Å². The molecule has 0 bridgehead atoms. The maximum Gasteiger partial charge on any atom is 0.337 e. The van der Waals surface area contributed by atoms with Gasteiger partial charge in [-0.25, -0.2) is 4.79 Å². The number of hydrogen-bond donors (Lipinski definition) is 3. The van der Waals surface area contributed by atoms with Gasteiger partial charge in [0.1, 0.15) is 6.10 Å². The van der Waals surface area contributed by atoms with E-state index in [1.807, 2.05) is 0 Å². The second kappa shape index (κ2) is 4.96. The molecule has 0 aliphatic carbocycles. The molecule has 0 aliphatic rings. The predicted molar refractivity (Wildman–Crippen MR) is 58.6 cm³/mol. The normalized spacial score (nSPS) is 14.2. The number of aliphatic hydroxyl groups is 2. The van der Waals surface area contributed by atoms with Crippen molar-refractivity contribution in [3.63, 3.8) is 0 Å². The van der Waals surface area contributed by atoms with Crippen LogP contribution in [-0.2, 0) is 9.53 Å². The first-order valence-electron chi connectivity index (χ1n) is 4.78. The lowest BCUT2D eigenvalue weighted by molar-refractivity contribution is -0.156. The van der Waals surface area contributed by atoms with Crippen LogP contribution in [0.25, 0.3) is 0 Å². The molecule has 0 aliphatic heterocycles. The monoisotopic (exact) mass is 225 g/mol. The van der Waals surface area contributed by atoms with E-state index in [9.17, 15) is 15.0 Å². The fraction of sp³-hybridized carbons (Fsp3) is 0.364. The average Bonchev–Trinajstić information content (AvgIpc) is 2.29. The predicted octanol–water partition coefficient (Wildman–Crippen LogP) is 0.145. The van der Waals surface area contributed by atoms with Crippen molar-refractivity contribution < 1.29 is 19.7 Å². The van der Waals surface area contributed by atoms with Crippen LogP contribution < -0.4 is 5.73 Å². The lowest BCUT2D eigenvalue weighted by atomic mass is 9.98. The van der Waals surface area contributed by atoms with Crippen LogP contribution in [0.1, 0.15) is 17.2 Å². The lowest BCUT2D eigenvalue weighted by Crippen LogP contribution is -2.29. The van der Waals surface area contributed by atoms with Gasteiger partial charge < -0.3 is 20.7 Å². The van der Waals surface area contributed by atoms with Gasteiger partial charge in [0.2, 0.25) is 0 Å². The van der Waals surface area contributed by atoms with Gasteiger partial charge in [-0.05, 0) is 24.1 Å². The summed E-state index contributed by atoms with van der Waals surface area (Å²) in [7, 11) is 1.14. The number of carbonyl (C=O) groups excluding carboxylic acids is 1. The lowest BCUT2D eigenvalue weighted by Gasteiger charge is -2.18. The minimum absolute atomic E-state index is 0.415. The third-order valence-electron chi connectivity index (χ3n) is 2.48. The summed E-state index contributed by atoms with van der Waals surface area (Å²) in [6.45, 7) is 1.71. The SMILES string of the molecule is COC(=O)C(O)C(O)c1cccc(N)c1C. The van der Waals surface area contributed by atoms with E-state index < -0.39 is 18.2 Å². The Morgan fingerprint density at radius 3 is 2.62 bits per heavy atom. The summed E-state index contributed by atoms with van der Waals surface area (Å²) in [5.74, 6) is -0.880. The van der Waals surface area contributed by atoms with E-state index in [-0.39, 0.29) is 0 Å². The molecule has 5 nitrogen and oxygen atoms in total. The van der Waals surface area contributed by atoms with Gasteiger partial charge in [-0.15, -0.1) is 0 Å². The number of rotatable bonds is 3. The van der Waals surface area contributed by atoms with Gasteiger partial charge in [0.15, 0.2) is 6.10 Å². The molecule has 1 rings (SSSR count). The third-order valence-corrected chi connectivity index (χ3v) is 2.48. The summed E-state index contributed by atoms with van der Waals surface area (Å²) < 4.78 is 4.34. The Morgan fingerprint density at radius 1 is 1.44 bits per heavy atom. The minimum atomic E-state index is -1.61. The van der Waals surface area contributed by atoms with Gasteiger partial charge >= 0.3 is 5.97 Å². The molecule has 16 heavy (non-hydrogen) atoms. The number of nitrogens with two attached hydrogens (primary N) is 1. The largest absolute Gasteiger partial charge is 0.467 e. The average molecular weight is 225 g/mol. The zero-order chi connectivity index (χ0) is 12.3. The van der Waals surface area contributed by atoms with Gasteiger partial charge in [-0.3, -0.25) is 0 Å². The van der Waals surface area contributed by atoms with Crippen LogP contribution in [0.2, 0.25) is 0 Å². The first-order valence-corrected chi connectivity index (χ1v) is 4.78. The Morgan fingerprint density at radius 2 is 2.06 bits per heavy atom. The first kappa shape index (κ1) is 12.5. The van der Waals surface area contributed by atoms with Gasteiger partial charge in [0, 0.05) is 5.69 Å². The summed E-state index contributed by atoms with van der Waals surface area (Å²) in [4.78, 5) is 11.1. The van der Waals surface area contributed by atoms with Crippen molar-refractivity contribution in [3.05, 3.63) is 29.3 Å². The Labute approximate surface area is 93.5 Å². The highest BCUT2D eigenvalue weighted by molar-refractivity contribution is 5.75. The topological polar surface area (TPSA) is 92.8 Å². The van der Waals surface area contributed by atoms with Gasteiger partial charge in [0.05, 0.1) is 7.11 Å². The Bertz CT molecular complexity index is 392. The van der Waals surface area contributed by atoms with E-state index >= 15 is 0 Å². The number of esters is 1. The highest BCUT2D eigenvalue weighted by atomic mass is 16.5.